The number of aryl methyl sites for hydroxylation is 1. The minimum absolute atomic E-state index is 0.0352. The molecule has 9 heteroatoms. The Balaban J connectivity index is 1.68. The molecule has 3 heterocycles. The predicted octanol–water partition coefficient (Wildman–Crippen LogP) is 0.406. The second kappa shape index (κ2) is 8.26. The van der Waals surface area contributed by atoms with Crippen molar-refractivity contribution >= 4 is 11.8 Å². The first-order valence-electron chi connectivity index (χ1n) is 9.04. The molecule has 1 aliphatic rings. The average molecular weight is 371 g/mol. The van der Waals surface area contributed by atoms with E-state index in [0.717, 1.165) is 5.82 Å². The van der Waals surface area contributed by atoms with Gasteiger partial charge in [0.2, 0.25) is 5.91 Å². The lowest BCUT2D eigenvalue weighted by Crippen LogP contribution is -2.45. The summed E-state index contributed by atoms with van der Waals surface area (Å²) < 4.78 is 0. The van der Waals surface area contributed by atoms with Gasteiger partial charge in [-0.3, -0.25) is 14.5 Å². The molecule has 0 radical (unpaired) electrons. The summed E-state index contributed by atoms with van der Waals surface area (Å²) in [5, 5.41) is 5.95. The highest BCUT2D eigenvalue weighted by molar-refractivity contribution is 5.94. The topological polar surface area (TPSA) is 116 Å². The van der Waals surface area contributed by atoms with Crippen molar-refractivity contribution in [1.29, 1.82) is 0 Å². The maximum absolute atomic E-state index is 12.6. The van der Waals surface area contributed by atoms with E-state index >= 15 is 0 Å². The standard InChI is InChI=1S/C18H25N7O2/c1-11(2)23-18(27)15-6-14(9-25(15)10-16-19-4-5-20-16)24-17(26)13-7-21-12(3)22-8-13/h4-5,7-8,11,14-15H,6,9-10H2,1-3H3,(H,19,20)(H,23,27)(H,24,26)/t14-,15+/m1/s1. The number of carbonyl (C=O) groups is 2. The number of aromatic amines is 1. The maximum atomic E-state index is 12.6. The zero-order chi connectivity index (χ0) is 19.4. The molecule has 0 spiro atoms. The van der Waals surface area contributed by atoms with Gasteiger partial charge < -0.3 is 15.6 Å². The van der Waals surface area contributed by atoms with Crippen LogP contribution in [0.15, 0.2) is 24.8 Å². The summed E-state index contributed by atoms with van der Waals surface area (Å²) in [5.74, 6) is 1.13. The van der Waals surface area contributed by atoms with Crippen LogP contribution in [-0.2, 0) is 11.3 Å². The first-order chi connectivity index (χ1) is 12.9. The van der Waals surface area contributed by atoms with Crippen LogP contribution < -0.4 is 10.6 Å². The van der Waals surface area contributed by atoms with Crippen molar-refractivity contribution in [2.75, 3.05) is 6.54 Å². The fourth-order valence-electron chi connectivity index (χ4n) is 3.19. The molecule has 0 bridgehead atoms. The van der Waals surface area contributed by atoms with E-state index in [2.05, 4.69) is 30.6 Å². The second-order valence-electron chi connectivity index (χ2n) is 7.07. The molecule has 3 rings (SSSR count). The molecule has 0 unspecified atom stereocenters. The normalized spacial score (nSPS) is 20.0. The van der Waals surface area contributed by atoms with Gasteiger partial charge in [-0.05, 0) is 27.2 Å². The van der Waals surface area contributed by atoms with Crippen molar-refractivity contribution in [2.45, 2.75) is 51.9 Å². The number of imidazole rings is 1. The first kappa shape index (κ1) is 19.0. The fourth-order valence-corrected chi connectivity index (χ4v) is 3.19. The van der Waals surface area contributed by atoms with Crippen molar-refractivity contribution in [2.24, 2.45) is 0 Å². The van der Waals surface area contributed by atoms with Crippen LogP contribution in [0.1, 0.15) is 42.3 Å². The smallest absolute Gasteiger partial charge is 0.254 e. The molecule has 1 saturated heterocycles. The molecule has 0 saturated carbocycles. The van der Waals surface area contributed by atoms with Gasteiger partial charge in [0.15, 0.2) is 0 Å². The number of hydrogen-bond acceptors (Lipinski definition) is 6. The Morgan fingerprint density at radius 3 is 2.67 bits per heavy atom. The number of amides is 2. The molecule has 0 aromatic carbocycles. The van der Waals surface area contributed by atoms with Crippen molar-refractivity contribution in [3.05, 3.63) is 42.0 Å². The third kappa shape index (κ3) is 4.88. The van der Waals surface area contributed by atoms with Crippen LogP contribution in [0, 0.1) is 6.92 Å². The number of likely N-dealkylation sites (tertiary alicyclic amines) is 1. The summed E-state index contributed by atoms with van der Waals surface area (Å²) in [4.78, 5) is 42.5. The monoisotopic (exact) mass is 371 g/mol. The van der Waals surface area contributed by atoms with E-state index in [-0.39, 0.29) is 29.9 Å². The lowest BCUT2D eigenvalue weighted by atomic mass is 10.1. The van der Waals surface area contributed by atoms with Gasteiger partial charge in [-0.2, -0.15) is 0 Å². The van der Waals surface area contributed by atoms with Crippen LogP contribution in [0.2, 0.25) is 0 Å². The van der Waals surface area contributed by atoms with Crippen molar-refractivity contribution in [3.8, 4) is 0 Å². The van der Waals surface area contributed by atoms with Gasteiger partial charge in [-0.25, -0.2) is 15.0 Å². The van der Waals surface area contributed by atoms with Crippen LogP contribution in [0.5, 0.6) is 0 Å². The van der Waals surface area contributed by atoms with E-state index in [1.54, 1.807) is 19.3 Å². The number of carbonyl (C=O) groups excluding carboxylic acids is 2. The first-order valence-corrected chi connectivity index (χ1v) is 9.04. The highest BCUT2D eigenvalue weighted by atomic mass is 16.2. The molecule has 9 nitrogen and oxygen atoms in total. The Bertz CT molecular complexity index is 774. The zero-order valence-corrected chi connectivity index (χ0v) is 15.8. The van der Waals surface area contributed by atoms with Crippen molar-refractivity contribution in [1.82, 2.24) is 35.5 Å². The molecule has 27 heavy (non-hydrogen) atoms. The van der Waals surface area contributed by atoms with Gasteiger partial charge in [0.05, 0.1) is 18.2 Å². The van der Waals surface area contributed by atoms with E-state index in [1.165, 1.54) is 12.4 Å². The number of aromatic nitrogens is 4. The van der Waals surface area contributed by atoms with Gasteiger partial charge in [-0.1, -0.05) is 0 Å². The van der Waals surface area contributed by atoms with Crippen LogP contribution >= 0.6 is 0 Å². The summed E-state index contributed by atoms with van der Waals surface area (Å²) >= 11 is 0. The molecule has 2 aromatic heterocycles. The summed E-state index contributed by atoms with van der Waals surface area (Å²) in [6.45, 7) is 6.71. The second-order valence-corrected chi connectivity index (χ2v) is 7.07. The lowest BCUT2D eigenvalue weighted by molar-refractivity contribution is -0.126. The lowest BCUT2D eigenvalue weighted by Gasteiger charge is -2.23. The van der Waals surface area contributed by atoms with Gasteiger partial charge in [0, 0.05) is 43.4 Å². The quantitative estimate of drug-likeness (QED) is 0.677. The van der Waals surface area contributed by atoms with Gasteiger partial charge in [0.1, 0.15) is 11.6 Å². The Kier molecular flexibility index (Phi) is 5.80. The molecule has 1 fully saturated rings. The summed E-state index contributed by atoms with van der Waals surface area (Å²) in [7, 11) is 0. The molecule has 0 aliphatic carbocycles. The van der Waals surface area contributed by atoms with Crippen LogP contribution in [0.3, 0.4) is 0 Å². The van der Waals surface area contributed by atoms with E-state index in [4.69, 9.17) is 0 Å². The summed E-state index contributed by atoms with van der Waals surface area (Å²) in [6, 6.07) is -0.407. The Hall–Kier alpha value is -2.81. The van der Waals surface area contributed by atoms with E-state index in [9.17, 15) is 9.59 Å². The highest BCUT2D eigenvalue weighted by Gasteiger charge is 2.38. The van der Waals surface area contributed by atoms with Crippen LogP contribution in [-0.4, -0.2) is 61.3 Å². The summed E-state index contributed by atoms with van der Waals surface area (Å²) in [6.07, 6.45) is 7.00. The average Bonchev–Trinajstić information content (AvgIpc) is 3.25. The van der Waals surface area contributed by atoms with E-state index in [0.29, 0.717) is 30.9 Å². The van der Waals surface area contributed by atoms with Crippen molar-refractivity contribution < 1.29 is 9.59 Å². The SMILES string of the molecule is Cc1ncc(C(=O)N[C@@H]2C[C@@H](C(=O)NC(C)C)N(Cc3ncc[nH]3)C2)cn1. The molecule has 2 amide bonds. The minimum atomic E-state index is -0.322. The van der Waals surface area contributed by atoms with E-state index in [1.807, 2.05) is 18.7 Å². The number of nitrogens with zero attached hydrogens (tertiary/aromatic N) is 4. The maximum Gasteiger partial charge on any atom is 0.254 e. The Morgan fingerprint density at radius 1 is 1.30 bits per heavy atom. The minimum Gasteiger partial charge on any atom is -0.353 e. The fraction of sp³-hybridized carbons (Fsp3) is 0.500. The van der Waals surface area contributed by atoms with Crippen LogP contribution in [0.25, 0.3) is 0 Å². The molecule has 3 N–H and O–H groups in total. The van der Waals surface area contributed by atoms with Gasteiger partial charge >= 0.3 is 0 Å². The van der Waals surface area contributed by atoms with Crippen molar-refractivity contribution in [3.63, 3.8) is 0 Å². The zero-order valence-electron chi connectivity index (χ0n) is 15.8. The Labute approximate surface area is 158 Å². The number of rotatable bonds is 6. The highest BCUT2D eigenvalue weighted by Crippen LogP contribution is 2.20. The third-order valence-corrected chi connectivity index (χ3v) is 4.42. The molecule has 2 aromatic rings. The number of hydrogen-bond donors (Lipinski definition) is 3. The predicted molar refractivity (Wildman–Crippen MR) is 98.7 cm³/mol. The van der Waals surface area contributed by atoms with E-state index < -0.39 is 0 Å². The Morgan fingerprint density at radius 2 is 2.04 bits per heavy atom. The molecule has 144 valence electrons. The molecule has 2 atom stereocenters. The van der Waals surface area contributed by atoms with Gasteiger partial charge in [-0.15, -0.1) is 0 Å². The number of H-pyrrole nitrogens is 1. The molecule has 1 aliphatic heterocycles. The third-order valence-electron chi connectivity index (χ3n) is 4.42. The molecular weight excluding hydrogens is 346 g/mol. The number of nitrogens with one attached hydrogen (secondary N) is 3. The molecular formula is C18H25N7O2. The largest absolute Gasteiger partial charge is 0.353 e. The summed E-state index contributed by atoms with van der Waals surface area (Å²) in [5.41, 5.74) is 0.410. The van der Waals surface area contributed by atoms with Gasteiger partial charge in [0.25, 0.3) is 5.91 Å². The van der Waals surface area contributed by atoms with Crippen LogP contribution in [0.4, 0.5) is 0 Å².